The predicted molar refractivity (Wildman–Crippen MR) is 56.7 cm³/mol. The Kier molecular flexibility index (Phi) is 3.01. The van der Waals surface area contributed by atoms with Crippen LogP contribution in [0.4, 0.5) is 0 Å². The minimum absolute atomic E-state index is 0.0498. The van der Waals surface area contributed by atoms with Gasteiger partial charge in [-0.25, -0.2) is 0 Å². The minimum Gasteiger partial charge on any atom is -0.378 e. The summed E-state index contributed by atoms with van der Waals surface area (Å²) >= 11 is 1.43. The Hall–Kier alpha value is -0.510. The van der Waals surface area contributed by atoms with Crippen molar-refractivity contribution in [2.45, 2.75) is 38.4 Å². The lowest BCUT2D eigenvalue weighted by atomic mass is 9.93. The van der Waals surface area contributed by atoms with Gasteiger partial charge >= 0.3 is 0 Å². The summed E-state index contributed by atoms with van der Waals surface area (Å²) < 4.78 is -0.363. The van der Waals surface area contributed by atoms with Gasteiger partial charge in [-0.1, -0.05) is 32.5 Å². The second kappa shape index (κ2) is 3.70. The first kappa shape index (κ1) is 10.6. The number of amidine groups is 1. The lowest BCUT2D eigenvalue weighted by Crippen LogP contribution is -2.32. The summed E-state index contributed by atoms with van der Waals surface area (Å²) in [7, 11) is 0. The van der Waals surface area contributed by atoms with E-state index >= 15 is 0 Å². The molecular weight excluding hydrogens is 184 g/mol. The zero-order valence-corrected chi connectivity index (χ0v) is 9.15. The number of nitrogens with zero attached hydrogens (tertiary/aromatic N) is 1. The molecule has 0 aromatic rings. The van der Waals surface area contributed by atoms with E-state index in [0.717, 1.165) is 12.8 Å². The molecule has 0 aliphatic carbocycles. The zero-order valence-electron chi connectivity index (χ0n) is 8.33. The van der Waals surface area contributed by atoms with Crippen molar-refractivity contribution in [3.05, 3.63) is 0 Å². The van der Waals surface area contributed by atoms with E-state index in [2.05, 4.69) is 18.8 Å². The van der Waals surface area contributed by atoms with Gasteiger partial charge in [-0.05, 0) is 18.8 Å². The van der Waals surface area contributed by atoms with E-state index in [1.54, 1.807) is 0 Å². The number of thioether (sulfide) groups is 1. The number of amides is 1. The Bertz CT molecular complexity index is 250. The largest absolute Gasteiger partial charge is 0.378 e. The second-order valence-corrected chi connectivity index (χ2v) is 5.21. The van der Waals surface area contributed by atoms with Gasteiger partial charge in [0, 0.05) is 0 Å². The van der Waals surface area contributed by atoms with Gasteiger partial charge in [0.05, 0.1) is 0 Å². The maximum absolute atomic E-state index is 11.6. The molecule has 0 bridgehead atoms. The maximum atomic E-state index is 11.6. The quantitative estimate of drug-likeness (QED) is 0.755. The normalized spacial score (nSPS) is 28.3. The van der Waals surface area contributed by atoms with Crippen molar-refractivity contribution in [1.29, 1.82) is 0 Å². The minimum atomic E-state index is -0.363. The third-order valence-corrected chi connectivity index (χ3v) is 3.53. The van der Waals surface area contributed by atoms with E-state index in [4.69, 9.17) is 5.73 Å². The summed E-state index contributed by atoms with van der Waals surface area (Å²) in [5.41, 5.74) is 5.54. The first-order valence-electron chi connectivity index (χ1n) is 4.58. The molecule has 0 saturated heterocycles. The lowest BCUT2D eigenvalue weighted by Gasteiger charge is -2.25. The molecule has 1 aliphatic heterocycles. The molecule has 0 spiro atoms. The summed E-state index contributed by atoms with van der Waals surface area (Å²) in [6.45, 7) is 6.24. The van der Waals surface area contributed by atoms with E-state index in [1.807, 2.05) is 6.92 Å². The molecular formula is C9H16N2OS. The summed E-state index contributed by atoms with van der Waals surface area (Å²) in [6.07, 6.45) is 1.66. The van der Waals surface area contributed by atoms with Crippen molar-refractivity contribution < 1.29 is 4.79 Å². The van der Waals surface area contributed by atoms with Gasteiger partial charge in [-0.2, -0.15) is 4.99 Å². The third-order valence-electron chi connectivity index (χ3n) is 2.21. The molecule has 0 unspecified atom stereocenters. The van der Waals surface area contributed by atoms with E-state index in [-0.39, 0.29) is 10.7 Å². The van der Waals surface area contributed by atoms with Crippen molar-refractivity contribution in [3.63, 3.8) is 0 Å². The van der Waals surface area contributed by atoms with Gasteiger partial charge in [0.2, 0.25) is 0 Å². The van der Waals surface area contributed by atoms with Gasteiger partial charge in [0.1, 0.15) is 4.75 Å². The molecule has 0 saturated carbocycles. The fourth-order valence-electron chi connectivity index (χ4n) is 1.62. The summed E-state index contributed by atoms with van der Waals surface area (Å²) in [5, 5.41) is 0.424. The standard InChI is InChI=1S/C9H16N2OS/c1-4-9(5-6(2)3)7(12)11-8(10)13-9/h6H,4-5H2,1-3H3,(H2,10,11,12)/t9-/m0/s1. The Morgan fingerprint density at radius 2 is 2.23 bits per heavy atom. The molecule has 0 radical (unpaired) electrons. The fourth-order valence-corrected chi connectivity index (χ4v) is 2.85. The van der Waals surface area contributed by atoms with Crippen LogP contribution < -0.4 is 5.73 Å². The van der Waals surface area contributed by atoms with Crippen LogP contribution in [-0.4, -0.2) is 15.8 Å². The molecule has 2 N–H and O–H groups in total. The van der Waals surface area contributed by atoms with Crippen LogP contribution in [0.25, 0.3) is 0 Å². The average molecular weight is 200 g/mol. The molecule has 1 atom stereocenters. The zero-order chi connectivity index (χ0) is 10.1. The van der Waals surface area contributed by atoms with Crippen LogP contribution in [-0.2, 0) is 4.79 Å². The monoisotopic (exact) mass is 200 g/mol. The topological polar surface area (TPSA) is 55.4 Å². The smallest absolute Gasteiger partial charge is 0.264 e. The molecule has 4 heteroatoms. The van der Waals surface area contributed by atoms with Gasteiger partial charge in [0.15, 0.2) is 5.17 Å². The number of carbonyl (C=O) groups excluding carboxylic acids is 1. The van der Waals surface area contributed by atoms with Crippen molar-refractivity contribution in [2.75, 3.05) is 0 Å². The first-order chi connectivity index (χ1) is 6.00. The van der Waals surface area contributed by atoms with E-state index in [1.165, 1.54) is 11.8 Å². The third kappa shape index (κ3) is 2.05. The molecule has 0 aromatic heterocycles. The predicted octanol–water partition coefficient (Wildman–Crippen LogP) is 1.77. The number of nitrogens with two attached hydrogens (primary N) is 1. The van der Waals surface area contributed by atoms with Crippen LogP contribution in [0.1, 0.15) is 33.6 Å². The Morgan fingerprint density at radius 1 is 1.62 bits per heavy atom. The Balaban J connectivity index is 2.79. The van der Waals surface area contributed by atoms with Crippen LogP contribution in [0.15, 0.2) is 4.99 Å². The molecule has 0 aromatic carbocycles. The number of hydrogen-bond donors (Lipinski definition) is 1. The molecule has 0 fully saturated rings. The number of aliphatic imine (C=N–C) groups is 1. The van der Waals surface area contributed by atoms with Gasteiger partial charge in [-0.15, -0.1) is 0 Å². The SMILES string of the molecule is CC[C@@]1(CC(C)C)SC(N)=NC1=O. The fraction of sp³-hybridized carbons (Fsp3) is 0.778. The van der Waals surface area contributed by atoms with Gasteiger partial charge < -0.3 is 5.73 Å². The maximum Gasteiger partial charge on any atom is 0.264 e. The summed E-state index contributed by atoms with van der Waals surface area (Å²) in [4.78, 5) is 15.4. The Morgan fingerprint density at radius 3 is 2.54 bits per heavy atom. The molecule has 1 aliphatic rings. The highest BCUT2D eigenvalue weighted by molar-refractivity contribution is 8.16. The highest BCUT2D eigenvalue weighted by atomic mass is 32.2. The second-order valence-electron chi connectivity index (χ2n) is 3.80. The highest BCUT2D eigenvalue weighted by Crippen LogP contribution is 2.40. The van der Waals surface area contributed by atoms with Crippen molar-refractivity contribution in [2.24, 2.45) is 16.6 Å². The number of carbonyl (C=O) groups is 1. The molecule has 1 heterocycles. The van der Waals surface area contributed by atoms with Crippen LogP contribution >= 0.6 is 11.8 Å². The number of rotatable bonds is 3. The van der Waals surface area contributed by atoms with E-state index in [0.29, 0.717) is 11.1 Å². The average Bonchev–Trinajstić information content (AvgIpc) is 2.26. The lowest BCUT2D eigenvalue weighted by molar-refractivity contribution is -0.120. The Labute approximate surface area is 83.2 Å². The number of hydrogen-bond acceptors (Lipinski definition) is 3. The van der Waals surface area contributed by atoms with Crippen LogP contribution in [0.3, 0.4) is 0 Å². The van der Waals surface area contributed by atoms with Crippen molar-refractivity contribution in [3.8, 4) is 0 Å². The summed E-state index contributed by atoms with van der Waals surface area (Å²) in [5.74, 6) is 0.448. The van der Waals surface area contributed by atoms with Crippen LogP contribution in [0, 0.1) is 5.92 Å². The highest BCUT2D eigenvalue weighted by Gasteiger charge is 2.43. The van der Waals surface area contributed by atoms with Crippen molar-refractivity contribution in [1.82, 2.24) is 0 Å². The van der Waals surface area contributed by atoms with Crippen LogP contribution in [0.2, 0.25) is 0 Å². The molecule has 1 amide bonds. The summed E-state index contributed by atoms with van der Waals surface area (Å²) in [6, 6.07) is 0. The van der Waals surface area contributed by atoms with E-state index < -0.39 is 0 Å². The molecule has 13 heavy (non-hydrogen) atoms. The van der Waals surface area contributed by atoms with Crippen molar-refractivity contribution >= 4 is 22.8 Å². The van der Waals surface area contributed by atoms with Gasteiger partial charge in [0.25, 0.3) is 5.91 Å². The van der Waals surface area contributed by atoms with Gasteiger partial charge in [-0.3, -0.25) is 4.79 Å². The molecule has 74 valence electrons. The van der Waals surface area contributed by atoms with Crippen LogP contribution in [0.5, 0.6) is 0 Å². The molecule has 1 rings (SSSR count). The first-order valence-corrected chi connectivity index (χ1v) is 5.39. The van der Waals surface area contributed by atoms with E-state index in [9.17, 15) is 4.79 Å². The molecule has 3 nitrogen and oxygen atoms in total.